The fraction of sp³-hybridized carbons (Fsp3) is 0.200. The van der Waals surface area contributed by atoms with Gasteiger partial charge in [-0.25, -0.2) is 0 Å². The van der Waals surface area contributed by atoms with E-state index in [1.54, 1.807) is 0 Å². The maximum Gasteiger partial charge on any atom is 0.252 e. The number of hydrogen-bond donors (Lipinski definition) is 1. The monoisotopic (exact) mass is 304 g/mol. The number of fused-ring (bicyclic) bond motifs is 1. The number of aryl methyl sites for hydroxylation is 2. The fourth-order valence-corrected chi connectivity index (χ4v) is 2.76. The Morgan fingerprint density at radius 1 is 1.04 bits per heavy atom. The summed E-state index contributed by atoms with van der Waals surface area (Å²) in [6.45, 7) is 5.93. The third-order valence-electron chi connectivity index (χ3n) is 3.98. The van der Waals surface area contributed by atoms with Gasteiger partial charge in [-0.3, -0.25) is 9.78 Å². The van der Waals surface area contributed by atoms with Crippen molar-refractivity contribution in [3.63, 3.8) is 0 Å². The van der Waals surface area contributed by atoms with E-state index < -0.39 is 0 Å². The Morgan fingerprint density at radius 2 is 1.78 bits per heavy atom. The van der Waals surface area contributed by atoms with Crippen LogP contribution in [0.2, 0.25) is 0 Å². The molecule has 2 aromatic carbocycles. The first-order valence-electron chi connectivity index (χ1n) is 7.78. The number of hydrogen-bond acceptors (Lipinski definition) is 2. The van der Waals surface area contributed by atoms with Gasteiger partial charge in [-0.1, -0.05) is 42.0 Å². The van der Waals surface area contributed by atoms with Gasteiger partial charge in [0.2, 0.25) is 0 Å². The molecule has 116 valence electrons. The number of carbonyl (C=O) groups excluding carboxylic acids is 1. The molecule has 0 aliphatic carbocycles. The largest absolute Gasteiger partial charge is 0.345 e. The molecule has 1 N–H and O–H groups in total. The summed E-state index contributed by atoms with van der Waals surface area (Å²) in [5.41, 5.74) is 4.59. The Kier molecular flexibility index (Phi) is 4.11. The van der Waals surface area contributed by atoms with E-state index in [0.717, 1.165) is 27.7 Å². The van der Waals surface area contributed by atoms with Gasteiger partial charge >= 0.3 is 0 Å². The van der Waals surface area contributed by atoms with Crippen LogP contribution in [0.5, 0.6) is 0 Å². The topological polar surface area (TPSA) is 42.0 Å². The molecule has 0 aliphatic rings. The van der Waals surface area contributed by atoms with Gasteiger partial charge in [0.15, 0.2) is 0 Å². The molecule has 1 amide bonds. The van der Waals surface area contributed by atoms with Gasteiger partial charge < -0.3 is 5.32 Å². The smallest absolute Gasteiger partial charge is 0.252 e. The first-order chi connectivity index (χ1) is 11.0. The van der Waals surface area contributed by atoms with Crippen molar-refractivity contribution in [2.24, 2.45) is 0 Å². The van der Waals surface area contributed by atoms with Crippen molar-refractivity contribution in [1.82, 2.24) is 10.3 Å². The molecule has 3 rings (SSSR count). The summed E-state index contributed by atoms with van der Waals surface area (Å²) < 4.78 is 0. The number of carbonyl (C=O) groups is 1. The molecule has 0 saturated carbocycles. The minimum absolute atomic E-state index is 0.0444. The minimum atomic E-state index is -0.0672. The van der Waals surface area contributed by atoms with Crippen LogP contribution in [0.3, 0.4) is 0 Å². The Balaban J connectivity index is 1.96. The van der Waals surface area contributed by atoms with Crippen LogP contribution >= 0.6 is 0 Å². The quantitative estimate of drug-likeness (QED) is 0.782. The summed E-state index contributed by atoms with van der Waals surface area (Å²) in [5, 5.41) is 3.98. The molecule has 3 nitrogen and oxygen atoms in total. The van der Waals surface area contributed by atoms with E-state index in [4.69, 9.17) is 0 Å². The van der Waals surface area contributed by atoms with E-state index in [9.17, 15) is 4.79 Å². The molecular weight excluding hydrogens is 284 g/mol. The number of nitrogens with one attached hydrogen (secondary N) is 1. The molecule has 0 radical (unpaired) electrons. The summed E-state index contributed by atoms with van der Waals surface area (Å²) in [6.07, 6.45) is 0. The second-order valence-corrected chi connectivity index (χ2v) is 5.94. The first-order valence-corrected chi connectivity index (χ1v) is 7.78. The molecule has 3 aromatic rings. The number of benzene rings is 2. The standard InChI is InChI=1S/C20H20N2O/c1-13-9-10-19-17(11-13)18(12-14(2)21-19)20(23)22-15(3)16-7-5-4-6-8-16/h4-12,15H,1-3H3,(H,22,23). The van der Waals surface area contributed by atoms with Gasteiger partial charge in [0.25, 0.3) is 5.91 Å². The third kappa shape index (κ3) is 3.24. The lowest BCUT2D eigenvalue weighted by Crippen LogP contribution is -2.27. The molecule has 0 fully saturated rings. The molecule has 0 bridgehead atoms. The van der Waals surface area contributed by atoms with Crippen molar-refractivity contribution < 1.29 is 4.79 Å². The predicted octanol–water partition coefficient (Wildman–Crippen LogP) is 4.34. The van der Waals surface area contributed by atoms with Crippen LogP contribution in [0.25, 0.3) is 10.9 Å². The number of rotatable bonds is 3. The van der Waals surface area contributed by atoms with E-state index in [2.05, 4.69) is 10.3 Å². The van der Waals surface area contributed by atoms with Crippen molar-refractivity contribution in [1.29, 1.82) is 0 Å². The van der Waals surface area contributed by atoms with Gasteiger partial charge in [-0.05, 0) is 44.5 Å². The maximum atomic E-state index is 12.8. The normalized spacial score (nSPS) is 12.1. The van der Waals surface area contributed by atoms with Crippen molar-refractivity contribution in [3.8, 4) is 0 Å². The Hall–Kier alpha value is -2.68. The lowest BCUT2D eigenvalue weighted by Gasteiger charge is -2.15. The third-order valence-corrected chi connectivity index (χ3v) is 3.98. The zero-order chi connectivity index (χ0) is 16.4. The van der Waals surface area contributed by atoms with E-state index in [1.807, 2.05) is 75.4 Å². The average Bonchev–Trinajstić information content (AvgIpc) is 2.55. The second-order valence-electron chi connectivity index (χ2n) is 5.94. The summed E-state index contributed by atoms with van der Waals surface area (Å²) in [6, 6.07) is 17.8. The molecule has 0 aliphatic heterocycles. The Morgan fingerprint density at radius 3 is 2.52 bits per heavy atom. The number of aromatic nitrogens is 1. The van der Waals surface area contributed by atoms with E-state index in [-0.39, 0.29) is 11.9 Å². The zero-order valence-electron chi connectivity index (χ0n) is 13.6. The summed E-state index contributed by atoms with van der Waals surface area (Å²) >= 11 is 0. The van der Waals surface area contributed by atoms with Crippen molar-refractivity contribution in [3.05, 3.63) is 77.0 Å². The van der Waals surface area contributed by atoms with Crippen LogP contribution in [0.4, 0.5) is 0 Å². The Labute approximate surface area is 136 Å². The van der Waals surface area contributed by atoms with Crippen molar-refractivity contribution >= 4 is 16.8 Å². The molecule has 0 spiro atoms. The highest BCUT2D eigenvalue weighted by atomic mass is 16.1. The van der Waals surface area contributed by atoms with E-state index in [0.29, 0.717) is 5.56 Å². The van der Waals surface area contributed by atoms with Crippen LogP contribution in [-0.2, 0) is 0 Å². The van der Waals surface area contributed by atoms with Crippen LogP contribution in [-0.4, -0.2) is 10.9 Å². The highest BCUT2D eigenvalue weighted by Crippen LogP contribution is 2.21. The van der Waals surface area contributed by atoms with Gasteiger partial charge in [0, 0.05) is 11.1 Å². The molecule has 1 atom stereocenters. The highest BCUT2D eigenvalue weighted by molar-refractivity contribution is 6.06. The van der Waals surface area contributed by atoms with Gasteiger partial charge in [0.05, 0.1) is 17.1 Å². The van der Waals surface area contributed by atoms with Crippen LogP contribution in [0.15, 0.2) is 54.6 Å². The maximum absolute atomic E-state index is 12.8. The van der Waals surface area contributed by atoms with Crippen LogP contribution < -0.4 is 5.32 Å². The first kappa shape index (κ1) is 15.2. The molecule has 0 saturated heterocycles. The fourth-order valence-electron chi connectivity index (χ4n) is 2.76. The lowest BCUT2D eigenvalue weighted by atomic mass is 10.0. The predicted molar refractivity (Wildman–Crippen MR) is 93.5 cm³/mol. The minimum Gasteiger partial charge on any atom is -0.345 e. The zero-order valence-corrected chi connectivity index (χ0v) is 13.6. The van der Waals surface area contributed by atoms with Crippen LogP contribution in [0, 0.1) is 13.8 Å². The molecule has 3 heteroatoms. The Bertz CT molecular complexity index is 856. The lowest BCUT2D eigenvalue weighted by molar-refractivity contribution is 0.0941. The van der Waals surface area contributed by atoms with E-state index in [1.165, 1.54) is 0 Å². The van der Waals surface area contributed by atoms with Gasteiger partial charge in [-0.2, -0.15) is 0 Å². The second kappa shape index (κ2) is 6.21. The average molecular weight is 304 g/mol. The van der Waals surface area contributed by atoms with Crippen LogP contribution in [0.1, 0.15) is 40.1 Å². The molecule has 1 heterocycles. The molecule has 1 aromatic heterocycles. The van der Waals surface area contributed by atoms with Gasteiger partial charge in [0.1, 0.15) is 0 Å². The molecular formula is C20H20N2O. The summed E-state index contributed by atoms with van der Waals surface area (Å²) in [5.74, 6) is -0.0672. The van der Waals surface area contributed by atoms with Crippen molar-refractivity contribution in [2.45, 2.75) is 26.8 Å². The summed E-state index contributed by atoms with van der Waals surface area (Å²) in [7, 11) is 0. The highest BCUT2D eigenvalue weighted by Gasteiger charge is 2.15. The van der Waals surface area contributed by atoms with Crippen molar-refractivity contribution in [2.75, 3.05) is 0 Å². The molecule has 23 heavy (non-hydrogen) atoms. The SMILES string of the molecule is Cc1ccc2nc(C)cc(C(=O)NC(C)c3ccccc3)c2c1. The number of amides is 1. The number of nitrogens with zero attached hydrogens (tertiary/aromatic N) is 1. The molecule has 1 unspecified atom stereocenters. The summed E-state index contributed by atoms with van der Waals surface area (Å²) in [4.78, 5) is 17.3. The van der Waals surface area contributed by atoms with E-state index >= 15 is 0 Å². The van der Waals surface area contributed by atoms with Gasteiger partial charge in [-0.15, -0.1) is 0 Å². The number of pyridine rings is 1.